The average molecular weight is 274 g/mol. The van der Waals surface area contributed by atoms with Gasteiger partial charge in [0, 0.05) is 35.4 Å². The van der Waals surface area contributed by atoms with Gasteiger partial charge in [-0.15, -0.1) is 0 Å². The van der Waals surface area contributed by atoms with Crippen molar-refractivity contribution in [2.75, 3.05) is 18.6 Å². The molecule has 1 aromatic rings. The maximum Gasteiger partial charge on any atom is 0.282 e. The van der Waals surface area contributed by atoms with Gasteiger partial charge in [-0.2, -0.15) is 0 Å². The summed E-state index contributed by atoms with van der Waals surface area (Å²) in [6, 6.07) is 2.65. The van der Waals surface area contributed by atoms with Crippen LogP contribution in [0.25, 0.3) is 0 Å². The van der Waals surface area contributed by atoms with Gasteiger partial charge in [0.25, 0.3) is 11.6 Å². The minimum absolute atomic E-state index is 0.107. The lowest BCUT2D eigenvalue weighted by Crippen LogP contribution is -2.28. The fraction of sp³-hybridized carbons (Fsp3) is 0.300. The van der Waals surface area contributed by atoms with Gasteiger partial charge in [-0.3, -0.25) is 19.1 Å². The number of carbonyl (C=O) groups excluding carboxylic acids is 1. The van der Waals surface area contributed by atoms with Gasteiger partial charge in [-0.1, -0.05) is 0 Å². The van der Waals surface area contributed by atoms with E-state index in [0.29, 0.717) is 0 Å². The number of benzene rings is 1. The fourth-order valence-corrected chi connectivity index (χ4v) is 1.64. The third-order valence-electron chi connectivity index (χ3n) is 2.07. The van der Waals surface area contributed by atoms with Crippen LogP contribution in [0.2, 0.25) is 0 Å². The van der Waals surface area contributed by atoms with Crippen molar-refractivity contribution in [2.45, 2.75) is 0 Å². The predicted molar refractivity (Wildman–Crippen MR) is 64.3 cm³/mol. The molecule has 1 rings (SSSR count). The predicted octanol–water partition coefficient (Wildman–Crippen LogP) is 0.842. The molecule has 8 heteroatoms. The quantitative estimate of drug-likeness (QED) is 0.636. The van der Waals surface area contributed by atoms with Crippen LogP contribution in [0.1, 0.15) is 10.4 Å². The summed E-state index contributed by atoms with van der Waals surface area (Å²) in [5, 5.41) is 13.0. The summed E-state index contributed by atoms with van der Waals surface area (Å²) >= 11 is 0. The summed E-state index contributed by atoms with van der Waals surface area (Å²) in [4.78, 5) is 21.5. The van der Waals surface area contributed by atoms with Crippen LogP contribution in [0, 0.1) is 15.9 Å². The number of amides is 1. The van der Waals surface area contributed by atoms with Crippen LogP contribution in [0.5, 0.6) is 0 Å². The van der Waals surface area contributed by atoms with Crippen LogP contribution in [0.15, 0.2) is 18.2 Å². The Kier molecular flexibility index (Phi) is 4.90. The average Bonchev–Trinajstić information content (AvgIpc) is 2.27. The van der Waals surface area contributed by atoms with E-state index in [0.717, 1.165) is 18.2 Å². The number of halogens is 1. The second kappa shape index (κ2) is 6.20. The molecule has 0 spiro atoms. The monoisotopic (exact) mass is 274 g/mol. The smallest absolute Gasteiger partial charge is 0.282 e. The van der Waals surface area contributed by atoms with Crippen LogP contribution in [-0.4, -0.2) is 33.6 Å². The second-order valence-corrected chi connectivity index (χ2v) is 5.01. The molecule has 0 saturated carbocycles. The Balaban J connectivity index is 2.87. The van der Waals surface area contributed by atoms with E-state index in [4.69, 9.17) is 0 Å². The largest absolute Gasteiger partial charge is 0.351 e. The van der Waals surface area contributed by atoms with Crippen molar-refractivity contribution in [3.8, 4) is 0 Å². The highest BCUT2D eigenvalue weighted by Gasteiger charge is 2.20. The molecule has 1 unspecified atom stereocenters. The maximum atomic E-state index is 13.0. The first-order valence-electron chi connectivity index (χ1n) is 4.94. The number of nitrogens with zero attached hydrogens (tertiary/aromatic N) is 1. The van der Waals surface area contributed by atoms with Crippen LogP contribution in [0.3, 0.4) is 0 Å². The van der Waals surface area contributed by atoms with Crippen molar-refractivity contribution < 1.29 is 18.3 Å². The zero-order chi connectivity index (χ0) is 13.7. The zero-order valence-corrected chi connectivity index (χ0v) is 10.3. The summed E-state index contributed by atoms with van der Waals surface area (Å²) in [6.07, 6.45) is 1.47. The van der Waals surface area contributed by atoms with E-state index < -0.39 is 33.1 Å². The van der Waals surface area contributed by atoms with Gasteiger partial charge in [-0.05, 0) is 12.1 Å². The molecule has 0 aliphatic rings. The van der Waals surface area contributed by atoms with Crippen LogP contribution in [0.4, 0.5) is 10.1 Å². The third kappa shape index (κ3) is 3.88. The van der Waals surface area contributed by atoms with Crippen molar-refractivity contribution >= 4 is 22.4 Å². The lowest BCUT2D eigenvalue weighted by atomic mass is 10.1. The minimum atomic E-state index is -1.08. The molecule has 0 fully saturated rings. The molecule has 0 saturated heterocycles. The highest BCUT2D eigenvalue weighted by atomic mass is 32.2. The number of hydrogen-bond acceptors (Lipinski definition) is 4. The third-order valence-corrected chi connectivity index (χ3v) is 2.85. The SMILES string of the molecule is CS(=O)CCNC(=O)c1cc(F)ccc1[N+](=O)[O-]. The van der Waals surface area contributed by atoms with Gasteiger partial charge in [0.15, 0.2) is 0 Å². The molecule has 1 atom stereocenters. The number of nitrogens with one attached hydrogen (secondary N) is 1. The first-order chi connectivity index (χ1) is 8.41. The number of rotatable bonds is 5. The maximum absolute atomic E-state index is 13.0. The summed E-state index contributed by atoms with van der Waals surface area (Å²) in [6.45, 7) is 0.107. The summed E-state index contributed by atoms with van der Waals surface area (Å²) in [5.41, 5.74) is -0.812. The van der Waals surface area contributed by atoms with Gasteiger partial charge < -0.3 is 5.32 Å². The molecule has 0 aliphatic carbocycles. The minimum Gasteiger partial charge on any atom is -0.351 e. The van der Waals surface area contributed by atoms with Crippen molar-refractivity contribution in [1.82, 2.24) is 5.32 Å². The lowest BCUT2D eigenvalue weighted by molar-refractivity contribution is -0.385. The Morgan fingerprint density at radius 1 is 1.56 bits per heavy atom. The van der Waals surface area contributed by atoms with Gasteiger partial charge >= 0.3 is 0 Å². The topological polar surface area (TPSA) is 89.3 Å². The van der Waals surface area contributed by atoms with Crippen LogP contribution < -0.4 is 5.32 Å². The Labute approximate surface area is 105 Å². The Morgan fingerprint density at radius 3 is 2.78 bits per heavy atom. The van der Waals surface area contributed by atoms with Crippen LogP contribution >= 0.6 is 0 Å². The zero-order valence-electron chi connectivity index (χ0n) is 9.51. The van der Waals surface area contributed by atoms with E-state index in [2.05, 4.69) is 5.32 Å². The fourth-order valence-electron chi connectivity index (χ4n) is 1.25. The van der Waals surface area contributed by atoms with E-state index in [-0.39, 0.29) is 17.9 Å². The van der Waals surface area contributed by atoms with Crippen LogP contribution in [-0.2, 0) is 10.8 Å². The molecule has 98 valence electrons. The van der Waals surface area contributed by atoms with Crippen molar-refractivity contribution in [2.24, 2.45) is 0 Å². The Bertz CT molecular complexity index is 507. The molecule has 1 aromatic carbocycles. The molecule has 0 bridgehead atoms. The Hall–Kier alpha value is -1.83. The van der Waals surface area contributed by atoms with Crippen molar-refractivity contribution in [1.29, 1.82) is 0 Å². The van der Waals surface area contributed by atoms with E-state index in [1.54, 1.807) is 0 Å². The van der Waals surface area contributed by atoms with Gasteiger partial charge in [0.1, 0.15) is 11.4 Å². The second-order valence-electron chi connectivity index (χ2n) is 3.45. The first-order valence-corrected chi connectivity index (χ1v) is 6.66. The first kappa shape index (κ1) is 14.2. The number of nitro benzene ring substituents is 1. The molecular formula is C10H11FN2O4S. The molecular weight excluding hydrogens is 263 g/mol. The molecule has 0 heterocycles. The lowest BCUT2D eigenvalue weighted by Gasteiger charge is -2.04. The molecule has 0 radical (unpaired) electrons. The van der Waals surface area contributed by atoms with Gasteiger partial charge in [-0.25, -0.2) is 4.39 Å². The number of carbonyl (C=O) groups is 1. The van der Waals surface area contributed by atoms with E-state index in [1.807, 2.05) is 0 Å². The summed E-state index contributed by atoms with van der Waals surface area (Å²) < 4.78 is 23.8. The summed E-state index contributed by atoms with van der Waals surface area (Å²) in [7, 11) is -1.08. The number of nitro groups is 1. The highest BCUT2D eigenvalue weighted by molar-refractivity contribution is 7.84. The molecule has 0 aromatic heterocycles. The van der Waals surface area contributed by atoms with Gasteiger partial charge in [0.05, 0.1) is 4.92 Å². The van der Waals surface area contributed by atoms with Crippen molar-refractivity contribution in [3.63, 3.8) is 0 Å². The van der Waals surface area contributed by atoms with Crippen molar-refractivity contribution in [3.05, 3.63) is 39.7 Å². The molecule has 6 nitrogen and oxygen atoms in total. The Morgan fingerprint density at radius 2 is 2.22 bits per heavy atom. The molecule has 18 heavy (non-hydrogen) atoms. The van der Waals surface area contributed by atoms with Gasteiger partial charge in [0.2, 0.25) is 0 Å². The van der Waals surface area contributed by atoms with E-state index >= 15 is 0 Å². The highest BCUT2D eigenvalue weighted by Crippen LogP contribution is 2.19. The summed E-state index contributed by atoms with van der Waals surface area (Å²) in [5.74, 6) is -1.26. The van der Waals surface area contributed by atoms with E-state index in [9.17, 15) is 23.5 Å². The normalized spacial score (nSPS) is 11.9. The standard InChI is InChI=1S/C10H11FN2O4S/c1-18(17)5-4-12-10(14)8-6-7(11)2-3-9(8)13(15)16/h2-3,6H,4-5H2,1H3,(H,12,14). The molecule has 1 N–H and O–H groups in total. The molecule has 0 aliphatic heterocycles. The number of hydrogen-bond donors (Lipinski definition) is 1. The molecule has 1 amide bonds. The van der Waals surface area contributed by atoms with E-state index in [1.165, 1.54) is 6.26 Å².